The molecule has 6 aliphatic rings. The highest BCUT2D eigenvalue weighted by Gasteiger charge is 2.58. The number of anilines is 2. The molecule has 4 heterocycles. The highest BCUT2D eigenvalue weighted by Crippen LogP contribution is 2.57. The van der Waals surface area contributed by atoms with E-state index in [9.17, 15) is 38.7 Å². The third kappa shape index (κ3) is 11.2. The molecule has 4 aliphatic heterocycles. The molecule has 0 radical (unpaired) electrons. The van der Waals surface area contributed by atoms with E-state index in [1.165, 1.54) is 33.3 Å². The Bertz CT molecular complexity index is 2780. The van der Waals surface area contributed by atoms with Crippen molar-refractivity contribution in [3.8, 4) is 23.0 Å². The fourth-order valence-corrected chi connectivity index (χ4v) is 10.4. The maximum absolute atomic E-state index is 14.3. The molecule has 2 saturated carbocycles. The van der Waals surface area contributed by atoms with Crippen LogP contribution in [0.4, 0.5) is 21.9 Å². The van der Waals surface area contributed by atoms with Crippen LogP contribution >= 0.6 is 0 Å². The summed E-state index contributed by atoms with van der Waals surface area (Å²) in [4.78, 5) is 102. The van der Waals surface area contributed by atoms with Crippen LogP contribution in [0, 0.1) is 16.7 Å². The third-order valence-electron chi connectivity index (χ3n) is 15.0. The zero-order chi connectivity index (χ0) is 53.3. The molecule has 1 unspecified atom stereocenters. The minimum absolute atomic E-state index is 0.0347. The Kier molecular flexibility index (Phi) is 15.0. The van der Waals surface area contributed by atoms with E-state index in [1.807, 2.05) is 11.1 Å². The summed E-state index contributed by atoms with van der Waals surface area (Å²) < 4.78 is 29.6. The van der Waals surface area contributed by atoms with Gasteiger partial charge >= 0.3 is 6.09 Å². The molecule has 0 aromatic heterocycles. The molecule has 7 N–H and O–H groups in total. The number of hydrogen-bond donors (Lipinski definition) is 6. The van der Waals surface area contributed by atoms with Gasteiger partial charge in [0.1, 0.15) is 18.7 Å². The summed E-state index contributed by atoms with van der Waals surface area (Å²) in [6.07, 6.45) is 5.39. The lowest BCUT2D eigenvalue weighted by molar-refractivity contribution is -0.132. The van der Waals surface area contributed by atoms with Gasteiger partial charge in [-0.3, -0.25) is 33.8 Å². The van der Waals surface area contributed by atoms with Crippen molar-refractivity contribution in [2.45, 2.75) is 103 Å². The minimum Gasteiger partial charge on any atom is -0.493 e. The van der Waals surface area contributed by atoms with Crippen molar-refractivity contribution in [3.05, 3.63) is 65.2 Å². The van der Waals surface area contributed by atoms with Gasteiger partial charge in [0.15, 0.2) is 29.2 Å². The third-order valence-corrected chi connectivity index (χ3v) is 15.0. The molecule has 0 bridgehead atoms. The molecular formula is C53H65N9O13. The van der Waals surface area contributed by atoms with Crippen LogP contribution in [0.15, 0.2) is 53.5 Å². The average Bonchev–Trinajstić information content (AvgIpc) is 4.30. The monoisotopic (exact) mass is 1040 g/mol. The van der Waals surface area contributed by atoms with Gasteiger partial charge in [0.2, 0.25) is 23.6 Å². The number of methoxy groups -OCH3 is 2. The molecule has 3 aromatic carbocycles. The van der Waals surface area contributed by atoms with Gasteiger partial charge in [0.05, 0.1) is 75.1 Å². The number of aliphatic hydroxyl groups excluding tert-OH is 1. The second kappa shape index (κ2) is 21.4. The Morgan fingerprint density at radius 3 is 2.05 bits per heavy atom. The summed E-state index contributed by atoms with van der Waals surface area (Å²) >= 11 is 0. The maximum Gasteiger partial charge on any atom is 0.416 e. The summed E-state index contributed by atoms with van der Waals surface area (Å²) in [5, 5.41) is 22.3. The van der Waals surface area contributed by atoms with E-state index in [0.717, 1.165) is 43.5 Å². The lowest BCUT2D eigenvalue weighted by Crippen LogP contribution is -2.55. The fourth-order valence-electron chi connectivity index (χ4n) is 10.4. The van der Waals surface area contributed by atoms with Crippen LogP contribution in [0.2, 0.25) is 0 Å². The molecule has 7 amide bonds. The predicted octanol–water partition coefficient (Wildman–Crippen LogP) is 3.39. The van der Waals surface area contributed by atoms with Crippen LogP contribution < -0.4 is 50.8 Å². The van der Waals surface area contributed by atoms with Gasteiger partial charge in [-0.2, -0.15) is 0 Å². The zero-order valence-corrected chi connectivity index (χ0v) is 42.8. The van der Waals surface area contributed by atoms with Crippen LogP contribution in [0.1, 0.15) is 92.0 Å². The van der Waals surface area contributed by atoms with E-state index < -0.39 is 54.1 Å². The molecule has 4 fully saturated rings. The number of hydrogen-bond acceptors (Lipinski definition) is 15. The van der Waals surface area contributed by atoms with E-state index in [-0.39, 0.29) is 90.3 Å². The van der Waals surface area contributed by atoms with E-state index in [1.54, 1.807) is 55.1 Å². The van der Waals surface area contributed by atoms with Crippen LogP contribution in [-0.2, 0) is 30.5 Å². The number of nitrogens with zero attached hydrogens (tertiary/aromatic N) is 4. The number of nitrogens with two attached hydrogens (primary N) is 1. The number of fused-ring (bicyclic) bond motifs is 4. The smallest absolute Gasteiger partial charge is 0.416 e. The number of aliphatic hydroxyl groups is 1. The minimum atomic E-state index is -1.46. The van der Waals surface area contributed by atoms with Gasteiger partial charge < -0.3 is 65.6 Å². The number of aliphatic imine (C=N–C) groups is 1. The summed E-state index contributed by atoms with van der Waals surface area (Å²) in [7, 11) is 2.96. The van der Waals surface area contributed by atoms with Gasteiger partial charge in [-0.25, -0.2) is 9.69 Å². The predicted molar refractivity (Wildman–Crippen MR) is 272 cm³/mol. The Morgan fingerprint density at radius 2 is 1.41 bits per heavy atom. The van der Waals surface area contributed by atoms with E-state index in [4.69, 9.17) is 34.4 Å². The quantitative estimate of drug-likeness (QED) is 0.0940. The first-order valence-electron chi connectivity index (χ1n) is 25.4. The van der Waals surface area contributed by atoms with Crippen LogP contribution in [-0.4, -0.2) is 147 Å². The first-order chi connectivity index (χ1) is 35.9. The van der Waals surface area contributed by atoms with E-state index >= 15 is 0 Å². The fraction of sp³-hybridized carbons (Fsp3) is 0.509. The molecule has 2 saturated heterocycles. The van der Waals surface area contributed by atoms with Crippen molar-refractivity contribution in [3.63, 3.8) is 0 Å². The standard InChI is InChI=1S/C53H65N9O13/c1-29(2)45(59-44(64)25-56-43(63)23-54)47(66)57-30(3)46(65)58-32-9-7-31(8-10-32)26-75-51(70)62-37-20-42(40(72-5)18-35(37)49(68)61-28-53(13-14-53)22-38(61)50(62)69)74-16-6-15-73-41-19-36-34(17-39(41)71-4)48(67)60-27-52(11-12-52)21-33(60)24-55-36/h7-10,17-20,24,29-30,33,38,45,50,69H,6,11-16,21-23,25-28,54H2,1-5H3,(H,56,63)(H,57,66)(H,58,65)(H,59,64)/t30-,33-,38-,45-,50?/m0/s1. The van der Waals surface area contributed by atoms with E-state index in [0.29, 0.717) is 53.4 Å². The number of rotatable bonds is 19. The Hall–Kier alpha value is -7.46. The highest BCUT2D eigenvalue weighted by molar-refractivity contribution is 6.06. The molecule has 400 valence electrons. The second-order valence-corrected chi connectivity index (χ2v) is 20.8. The Balaban J connectivity index is 0.831. The van der Waals surface area contributed by atoms with Gasteiger partial charge in [0, 0.05) is 43.5 Å². The second-order valence-electron chi connectivity index (χ2n) is 20.8. The van der Waals surface area contributed by atoms with Crippen molar-refractivity contribution < 1.29 is 62.4 Å². The largest absolute Gasteiger partial charge is 0.493 e. The SMILES string of the molecule is COc1cc2c(cc1OCCCOc1cc3c(cc1OC)C(=O)N1CC4(CC4)C[C@H]1C(O)N3C(=O)OCc1ccc(NC(=O)[C@H](C)NC(=O)[C@@H](NC(=O)CNC(=O)CN)C(C)C)cc1)N=C[C@@H]1CC3(CC3)CN1C2=O. The van der Waals surface area contributed by atoms with Crippen molar-refractivity contribution in [2.24, 2.45) is 27.5 Å². The highest BCUT2D eigenvalue weighted by atomic mass is 16.6. The van der Waals surface area contributed by atoms with Gasteiger partial charge in [0.25, 0.3) is 11.8 Å². The molecule has 5 atom stereocenters. The van der Waals surface area contributed by atoms with Crippen molar-refractivity contribution in [2.75, 3.05) is 63.8 Å². The normalized spacial score (nSPS) is 20.9. The first-order valence-corrected chi connectivity index (χ1v) is 25.4. The maximum atomic E-state index is 14.3. The summed E-state index contributed by atoms with van der Waals surface area (Å²) in [6, 6.07) is 10.1. The van der Waals surface area contributed by atoms with Gasteiger partial charge in [-0.15, -0.1) is 0 Å². The van der Waals surface area contributed by atoms with Crippen LogP contribution in [0.3, 0.4) is 0 Å². The molecule has 3 aromatic rings. The molecule has 75 heavy (non-hydrogen) atoms. The van der Waals surface area contributed by atoms with Gasteiger partial charge in [-0.1, -0.05) is 26.0 Å². The molecule has 2 spiro atoms. The van der Waals surface area contributed by atoms with Gasteiger partial charge in [-0.05, 0) is 92.0 Å². The van der Waals surface area contributed by atoms with Crippen LogP contribution in [0.5, 0.6) is 23.0 Å². The van der Waals surface area contributed by atoms with E-state index in [2.05, 4.69) is 21.3 Å². The lowest BCUT2D eigenvalue weighted by atomic mass is 10.0. The summed E-state index contributed by atoms with van der Waals surface area (Å²) in [5.41, 5.74) is 7.49. The Morgan fingerprint density at radius 1 is 0.787 bits per heavy atom. The molecular weight excluding hydrogens is 971 g/mol. The number of nitrogens with one attached hydrogen (secondary N) is 4. The number of benzene rings is 3. The first kappa shape index (κ1) is 52.4. The van der Waals surface area contributed by atoms with Crippen LogP contribution in [0.25, 0.3) is 0 Å². The molecule has 22 heteroatoms. The average molecular weight is 1040 g/mol. The van der Waals surface area contributed by atoms with Crippen molar-refractivity contribution in [1.29, 1.82) is 0 Å². The Labute approximate surface area is 433 Å². The number of amides is 7. The lowest BCUT2D eigenvalue weighted by Gasteiger charge is -2.31. The topological polar surface area (TPSA) is 282 Å². The number of ether oxygens (including phenoxy) is 5. The molecule has 2 aliphatic carbocycles. The number of carbonyl (C=O) groups is 7. The summed E-state index contributed by atoms with van der Waals surface area (Å²) in [5.74, 6) is -1.75. The van der Waals surface area contributed by atoms with Crippen molar-refractivity contribution in [1.82, 2.24) is 25.8 Å². The summed E-state index contributed by atoms with van der Waals surface area (Å²) in [6.45, 7) is 5.53. The molecule has 22 nitrogen and oxygen atoms in total. The van der Waals surface area contributed by atoms with Crippen molar-refractivity contribution >= 4 is 64.8 Å². The zero-order valence-electron chi connectivity index (χ0n) is 42.8. The number of carbonyl (C=O) groups excluding carboxylic acids is 7. The molecule has 9 rings (SSSR count).